The molecule has 0 unspecified atom stereocenters. The van der Waals surface area contributed by atoms with Crippen LogP contribution in [0.5, 0.6) is 11.5 Å². The van der Waals surface area contributed by atoms with E-state index in [1.54, 1.807) is 25.3 Å². The fourth-order valence-corrected chi connectivity index (χ4v) is 4.93. The molecule has 5 nitrogen and oxygen atoms in total. The van der Waals surface area contributed by atoms with Crippen molar-refractivity contribution in [2.24, 2.45) is 5.92 Å². The van der Waals surface area contributed by atoms with Gasteiger partial charge in [0.25, 0.3) is 0 Å². The normalized spacial score (nSPS) is 27.0. The zero-order valence-corrected chi connectivity index (χ0v) is 17.7. The van der Waals surface area contributed by atoms with Gasteiger partial charge in [-0.05, 0) is 50.3 Å². The molecule has 28 heavy (non-hydrogen) atoms. The van der Waals surface area contributed by atoms with E-state index in [-0.39, 0.29) is 5.97 Å². The van der Waals surface area contributed by atoms with Gasteiger partial charge in [-0.3, -0.25) is 0 Å². The van der Waals surface area contributed by atoms with Gasteiger partial charge in [-0.25, -0.2) is 4.79 Å². The molecule has 0 bridgehead atoms. The predicted molar refractivity (Wildman–Crippen MR) is 110 cm³/mol. The second kappa shape index (κ2) is 9.64. The van der Waals surface area contributed by atoms with Crippen LogP contribution in [0, 0.1) is 5.92 Å². The zero-order chi connectivity index (χ0) is 20.0. The van der Waals surface area contributed by atoms with Crippen molar-refractivity contribution in [1.29, 1.82) is 0 Å². The van der Waals surface area contributed by atoms with Crippen molar-refractivity contribution in [3.8, 4) is 11.5 Å². The lowest BCUT2D eigenvalue weighted by atomic mass is 9.82. The van der Waals surface area contributed by atoms with E-state index in [2.05, 4.69) is 14.0 Å². The van der Waals surface area contributed by atoms with Gasteiger partial charge in [-0.1, -0.05) is 13.3 Å². The molecule has 0 N–H and O–H groups in total. The summed E-state index contributed by atoms with van der Waals surface area (Å²) in [6.45, 7) is 5.84. The van der Waals surface area contributed by atoms with E-state index in [1.165, 1.54) is 49.7 Å². The second-order valence-corrected chi connectivity index (χ2v) is 8.56. The highest BCUT2D eigenvalue weighted by molar-refractivity contribution is 5.90. The number of quaternary nitrogens is 1. The van der Waals surface area contributed by atoms with E-state index in [4.69, 9.17) is 14.2 Å². The number of piperidine rings is 2. The van der Waals surface area contributed by atoms with Crippen LogP contribution in [0.3, 0.4) is 0 Å². The SMILES string of the molecule is CCCCOc1ccc(C(=O)OC[C@@H]2CCC[N@@+]3(C)CCCC[C@H]23)cc1OC. The lowest BCUT2D eigenvalue weighted by Gasteiger charge is -2.51. The fourth-order valence-electron chi connectivity index (χ4n) is 4.93. The summed E-state index contributed by atoms with van der Waals surface area (Å²) < 4.78 is 18.1. The standard InChI is InChI=1S/C23H36NO4/c1-4-5-15-27-21-12-11-18(16-22(21)26-3)23(25)28-17-19-9-8-14-24(2)13-7-6-10-20(19)24/h11-12,16,19-20H,4-10,13-15,17H2,1-3H3/q+1/t19-,20+,24+/m0/s1. The number of unbranched alkanes of at least 4 members (excludes halogenated alkanes) is 1. The van der Waals surface area contributed by atoms with Crippen LogP contribution in [0.1, 0.15) is 62.2 Å². The van der Waals surface area contributed by atoms with Crippen LogP contribution in [0.4, 0.5) is 0 Å². The summed E-state index contributed by atoms with van der Waals surface area (Å²) in [5, 5.41) is 0. The van der Waals surface area contributed by atoms with Crippen molar-refractivity contribution in [2.75, 3.05) is 40.5 Å². The van der Waals surface area contributed by atoms with Gasteiger partial charge in [0, 0.05) is 12.3 Å². The van der Waals surface area contributed by atoms with E-state index in [0.717, 1.165) is 12.8 Å². The van der Waals surface area contributed by atoms with Gasteiger partial charge in [0.1, 0.15) is 6.61 Å². The summed E-state index contributed by atoms with van der Waals surface area (Å²) in [5.74, 6) is 1.46. The average Bonchev–Trinajstić information content (AvgIpc) is 2.71. The number of carbonyl (C=O) groups is 1. The van der Waals surface area contributed by atoms with Crippen LogP contribution in [0.2, 0.25) is 0 Å². The van der Waals surface area contributed by atoms with Crippen molar-refractivity contribution in [3.63, 3.8) is 0 Å². The van der Waals surface area contributed by atoms with Crippen molar-refractivity contribution in [3.05, 3.63) is 23.8 Å². The Balaban J connectivity index is 1.59. The number of ether oxygens (including phenoxy) is 3. The van der Waals surface area contributed by atoms with Crippen LogP contribution < -0.4 is 9.47 Å². The van der Waals surface area contributed by atoms with Gasteiger partial charge in [0.05, 0.1) is 45.5 Å². The molecule has 2 fully saturated rings. The number of rotatable bonds is 8. The molecule has 0 radical (unpaired) electrons. The largest absolute Gasteiger partial charge is 0.493 e. The third-order valence-corrected chi connectivity index (χ3v) is 6.59. The highest BCUT2D eigenvalue weighted by atomic mass is 16.5. The first-order valence-electron chi connectivity index (χ1n) is 10.9. The maximum absolute atomic E-state index is 12.6. The molecule has 156 valence electrons. The summed E-state index contributed by atoms with van der Waals surface area (Å²) in [4.78, 5) is 12.6. The quantitative estimate of drug-likeness (QED) is 0.374. The van der Waals surface area contributed by atoms with Crippen LogP contribution in [0.25, 0.3) is 0 Å². The third-order valence-electron chi connectivity index (χ3n) is 6.59. The minimum atomic E-state index is -0.269. The highest BCUT2D eigenvalue weighted by Crippen LogP contribution is 2.36. The Morgan fingerprint density at radius 3 is 2.75 bits per heavy atom. The molecule has 1 aromatic rings. The van der Waals surface area contributed by atoms with Crippen LogP contribution >= 0.6 is 0 Å². The minimum absolute atomic E-state index is 0.269. The second-order valence-electron chi connectivity index (χ2n) is 8.56. The van der Waals surface area contributed by atoms with Gasteiger partial charge >= 0.3 is 5.97 Å². The molecule has 5 heteroatoms. The topological polar surface area (TPSA) is 44.8 Å². The molecule has 2 saturated heterocycles. The summed E-state index contributed by atoms with van der Waals surface area (Å²) in [5.41, 5.74) is 0.524. The summed E-state index contributed by atoms with van der Waals surface area (Å²) in [6, 6.07) is 5.94. The first-order chi connectivity index (χ1) is 13.6. The molecule has 3 rings (SSSR count). The predicted octanol–water partition coefficient (Wildman–Crippen LogP) is 4.44. The van der Waals surface area contributed by atoms with Crippen LogP contribution in [-0.2, 0) is 4.74 Å². The molecule has 2 aliphatic heterocycles. The third kappa shape index (κ3) is 4.80. The monoisotopic (exact) mass is 390 g/mol. The number of hydrogen-bond donors (Lipinski definition) is 0. The number of methoxy groups -OCH3 is 1. The number of nitrogens with zero attached hydrogens (tertiary/aromatic N) is 1. The Hall–Kier alpha value is -1.75. The van der Waals surface area contributed by atoms with E-state index in [0.29, 0.717) is 42.2 Å². The van der Waals surface area contributed by atoms with Gasteiger partial charge in [-0.15, -0.1) is 0 Å². The zero-order valence-electron chi connectivity index (χ0n) is 17.7. The maximum atomic E-state index is 12.6. The lowest BCUT2D eigenvalue weighted by molar-refractivity contribution is -0.947. The van der Waals surface area contributed by atoms with Crippen molar-refractivity contribution in [1.82, 2.24) is 0 Å². The number of hydrogen-bond acceptors (Lipinski definition) is 4. The average molecular weight is 391 g/mol. The smallest absolute Gasteiger partial charge is 0.338 e. The molecular weight excluding hydrogens is 354 g/mol. The number of carbonyl (C=O) groups excluding carboxylic acids is 1. The molecule has 3 atom stereocenters. The Morgan fingerprint density at radius 1 is 1.14 bits per heavy atom. The van der Waals surface area contributed by atoms with E-state index < -0.39 is 0 Å². The number of benzene rings is 1. The molecule has 0 amide bonds. The van der Waals surface area contributed by atoms with Gasteiger partial charge in [-0.2, -0.15) is 0 Å². The molecule has 2 heterocycles. The van der Waals surface area contributed by atoms with E-state index >= 15 is 0 Å². The van der Waals surface area contributed by atoms with Crippen molar-refractivity contribution >= 4 is 5.97 Å². The van der Waals surface area contributed by atoms with Crippen LogP contribution in [-0.4, -0.2) is 57.0 Å². The minimum Gasteiger partial charge on any atom is -0.493 e. The molecule has 2 aliphatic rings. The van der Waals surface area contributed by atoms with E-state index in [1.807, 2.05) is 0 Å². The van der Waals surface area contributed by atoms with E-state index in [9.17, 15) is 4.79 Å². The van der Waals surface area contributed by atoms with Gasteiger partial charge in [0.2, 0.25) is 0 Å². The molecule has 0 aliphatic carbocycles. The summed E-state index contributed by atoms with van der Waals surface area (Å²) in [6.07, 6.45) is 8.35. The Morgan fingerprint density at radius 2 is 1.96 bits per heavy atom. The van der Waals surface area contributed by atoms with Gasteiger partial charge < -0.3 is 18.7 Å². The van der Waals surface area contributed by atoms with Gasteiger partial charge in [0.15, 0.2) is 11.5 Å². The Bertz CT molecular complexity index is 658. The molecular formula is C23H36NO4+. The first-order valence-corrected chi connectivity index (χ1v) is 10.9. The lowest BCUT2D eigenvalue weighted by Crippen LogP contribution is -2.61. The Labute approximate surface area is 169 Å². The van der Waals surface area contributed by atoms with Crippen LogP contribution in [0.15, 0.2) is 18.2 Å². The molecule has 0 aromatic heterocycles. The molecule has 0 spiro atoms. The van der Waals surface area contributed by atoms with Crippen molar-refractivity contribution in [2.45, 2.75) is 57.9 Å². The molecule has 1 aromatic carbocycles. The fraction of sp³-hybridized carbons (Fsp3) is 0.696. The highest BCUT2D eigenvalue weighted by Gasteiger charge is 2.43. The Kier molecular flexibility index (Phi) is 7.22. The van der Waals surface area contributed by atoms with Crippen molar-refractivity contribution < 1.29 is 23.5 Å². The first kappa shape index (κ1) is 21.0. The summed E-state index contributed by atoms with van der Waals surface area (Å²) >= 11 is 0. The maximum Gasteiger partial charge on any atom is 0.338 e. The molecule has 0 saturated carbocycles. The summed E-state index contributed by atoms with van der Waals surface area (Å²) in [7, 11) is 3.99. The number of fused-ring (bicyclic) bond motifs is 1. The number of esters is 1.